The van der Waals surface area contributed by atoms with Gasteiger partial charge < -0.3 is 0 Å². The highest BCUT2D eigenvalue weighted by molar-refractivity contribution is 8.31. The molecule has 8 heteroatoms. The lowest BCUT2D eigenvalue weighted by atomic mass is 10.1. The summed E-state index contributed by atoms with van der Waals surface area (Å²) in [6.07, 6.45) is 0.797. The minimum absolute atomic E-state index is 0.160. The first kappa shape index (κ1) is 15.9. The Labute approximate surface area is 120 Å². The normalized spacial score (nSPS) is 13.9. The Morgan fingerprint density at radius 3 is 1.74 bits per heavy atom. The van der Waals surface area contributed by atoms with Crippen molar-refractivity contribution >= 4 is 41.4 Å². The fourth-order valence-electron chi connectivity index (χ4n) is 1.67. The Morgan fingerprint density at radius 1 is 1.05 bits per heavy atom. The van der Waals surface area contributed by atoms with Crippen LogP contribution in [0.25, 0.3) is 0 Å². The van der Waals surface area contributed by atoms with Crippen molar-refractivity contribution in [1.29, 1.82) is 0 Å². The number of imide groups is 1. The molecule has 0 unspecified atom stereocenters. The van der Waals surface area contributed by atoms with Gasteiger partial charge in [0.1, 0.15) is 0 Å². The van der Waals surface area contributed by atoms with Crippen LogP contribution in [0.15, 0.2) is 24.3 Å². The summed E-state index contributed by atoms with van der Waals surface area (Å²) in [5, 5.41) is 0. The molecule has 5 nitrogen and oxygen atoms in total. The number of amides is 2. The van der Waals surface area contributed by atoms with E-state index >= 15 is 0 Å². The van der Waals surface area contributed by atoms with Gasteiger partial charge in [-0.1, -0.05) is 19.1 Å². The van der Waals surface area contributed by atoms with Crippen LogP contribution in [0.1, 0.15) is 34.1 Å². The van der Waals surface area contributed by atoms with Crippen LogP contribution in [0.5, 0.6) is 0 Å². The minimum atomic E-state index is -3.72. The molecular formula is C11H11Cl2NO4S. The summed E-state index contributed by atoms with van der Waals surface area (Å²) in [6.45, 7) is 2.45. The van der Waals surface area contributed by atoms with Crippen LogP contribution in [-0.4, -0.2) is 31.7 Å². The second-order valence-electron chi connectivity index (χ2n) is 3.69. The van der Waals surface area contributed by atoms with Crippen LogP contribution >= 0.6 is 21.4 Å². The highest BCUT2D eigenvalue weighted by Crippen LogP contribution is 2.22. The number of carbonyl (C=O) groups is 2. The van der Waals surface area contributed by atoms with Gasteiger partial charge in [-0.3, -0.25) is 14.5 Å². The fourth-order valence-corrected chi connectivity index (χ4v) is 1.67. The number of nitrogens with zero attached hydrogens (tertiary/aromatic N) is 1. The first-order valence-corrected chi connectivity index (χ1v) is 8.48. The standard InChI is InChI=1S/C11H11NO2.Cl2O2S/c1-2-7-12-10(13)8-5-3-4-6-9(8)11(12)14;1-5(2,3)4/h3-6H,2,7H2,1H3;. The molecular weight excluding hydrogens is 313 g/mol. The van der Waals surface area contributed by atoms with E-state index in [1.165, 1.54) is 4.90 Å². The minimum Gasteiger partial charge on any atom is -0.274 e. The van der Waals surface area contributed by atoms with Crippen molar-refractivity contribution in [2.75, 3.05) is 6.54 Å². The van der Waals surface area contributed by atoms with E-state index < -0.39 is 8.26 Å². The van der Waals surface area contributed by atoms with Crippen LogP contribution < -0.4 is 0 Å². The average Bonchev–Trinajstić information content (AvgIpc) is 2.54. The Morgan fingerprint density at radius 2 is 1.42 bits per heavy atom. The van der Waals surface area contributed by atoms with Crippen LogP contribution in [0.4, 0.5) is 0 Å². The number of halogens is 2. The molecule has 0 atom stereocenters. The first-order valence-electron chi connectivity index (χ1n) is 5.35. The number of benzene rings is 1. The predicted octanol–water partition coefficient (Wildman–Crippen LogP) is 2.40. The summed E-state index contributed by atoms with van der Waals surface area (Å²) in [6, 6.07) is 6.95. The van der Waals surface area contributed by atoms with Crippen LogP contribution in [0.2, 0.25) is 0 Å². The monoisotopic (exact) mass is 323 g/mol. The topological polar surface area (TPSA) is 71.5 Å². The van der Waals surface area contributed by atoms with Gasteiger partial charge in [-0.05, 0) is 18.6 Å². The van der Waals surface area contributed by atoms with E-state index in [-0.39, 0.29) is 11.8 Å². The lowest BCUT2D eigenvalue weighted by molar-refractivity contribution is 0.0654. The van der Waals surface area contributed by atoms with Gasteiger partial charge in [0.05, 0.1) is 11.1 Å². The quantitative estimate of drug-likeness (QED) is 0.619. The van der Waals surface area contributed by atoms with Gasteiger partial charge in [-0.15, -0.1) is 0 Å². The highest BCUT2D eigenvalue weighted by atomic mass is 36.0. The van der Waals surface area contributed by atoms with Crippen molar-refractivity contribution in [3.8, 4) is 0 Å². The van der Waals surface area contributed by atoms with E-state index in [9.17, 15) is 9.59 Å². The SMILES string of the molecule is CCCN1C(=O)c2ccccc2C1=O.O=S(=O)(Cl)Cl. The van der Waals surface area contributed by atoms with E-state index in [2.05, 4.69) is 21.4 Å². The zero-order valence-corrected chi connectivity index (χ0v) is 12.3. The molecule has 1 aliphatic heterocycles. The molecule has 0 aromatic heterocycles. The first-order chi connectivity index (χ1) is 8.75. The van der Waals surface area contributed by atoms with Crippen LogP contribution in [-0.2, 0) is 8.26 Å². The summed E-state index contributed by atoms with van der Waals surface area (Å²) in [4.78, 5) is 24.7. The Bertz CT molecular complexity index is 557. The number of hydrogen-bond donors (Lipinski definition) is 0. The lowest BCUT2D eigenvalue weighted by Crippen LogP contribution is -2.30. The highest BCUT2D eigenvalue weighted by Gasteiger charge is 2.33. The van der Waals surface area contributed by atoms with Crippen molar-refractivity contribution < 1.29 is 18.0 Å². The molecule has 2 rings (SSSR count). The zero-order valence-electron chi connectivity index (χ0n) is 9.97. The third-order valence-electron chi connectivity index (χ3n) is 2.33. The average molecular weight is 324 g/mol. The van der Waals surface area contributed by atoms with E-state index in [0.29, 0.717) is 17.7 Å². The molecule has 104 valence electrons. The van der Waals surface area contributed by atoms with E-state index in [0.717, 1.165) is 6.42 Å². The van der Waals surface area contributed by atoms with E-state index in [1.54, 1.807) is 24.3 Å². The number of rotatable bonds is 2. The summed E-state index contributed by atoms with van der Waals surface area (Å²) < 4.78 is 18.3. The van der Waals surface area contributed by atoms with Gasteiger partial charge in [-0.2, -0.15) is 8.42 Å². The molecule has 0 N–H and O–H groups in total. The van der Waals surface area contributed by atoms with Crippen LogP contribution in [0, 0.1) is 0 Å². The molecule has 1 heterocycles. The van der Waals surface area contributed by atoms with Crippen LogP contribution in [0.3, 0.4) is 0 Å². The van der Waals surface area contributed by atoms with Crippen molar-refractivity contribution in [2.24, 2.45) is 0 Å². The Hall–Kier alpha value is -1.11. The Balaban J connectivity index is 0.000000312. The number of fused-ring (bicyclic) bond motifs is 1. The van der Waals surface area contributed by atoms with Gasteiger partial charge >= 0.3 is 8.26 Å². The van der Waals surface area contributed by atoms with E-state index in [1.807, 2.05) is 6.92 Å². The predicted molar refractivity (Wildman–Crippen MR) is 72.7 cm³/mol. The summed E-state index contributed by atoms with van der Waals surface area (Å²) in [5.74, 6) is -0.320. The molecule has 0 aliphatic carbocycles. The number of carbonyl (C=O) groups excluding carboxylic acids is 2. The molecule has 0 radical (unpaired) electrons. The van der Waals surface area contributed by atoms with Crippen molar-refractivity contribution in [2.45, 2.75) is 13.3 Å². The van der Waals surface area contributed by atoms with Crippen molar-refractivity contribution in [1.82, 2.24) is 4.90 Å². The molecule has 0 fully saturated rings. The van der Waals surface area contributed by atoms with Gasteiger partial charge in [0.2, 0.25) is 0 Å². The summed E-state index contributed by atoms with van der Waals surface area (Å²) in [5.41, 5.74) is 1.07. The Kier molecular flexibility index (Phi) is 5.34. The third kappa shape index (κ3) is 4.49. The molecule has 0 bridgehead atoms. The molecule has 0 spiro atoms. The molecule has 0 saturated carbocycles. The van der Waals surface area contributed by atoms with E-state index in [4.69, 9.17) is 8.42 Å². The summed E-state index contributed by atoms with van der Waals surface area (Å²) >= 11 is 0. The largest absolute Gasteiger partial charge is 0.317 e. The van der Waals surface area contributed by atoms with Gasteiger partial charge in [0.25, 0.3) is 11.8 Å². The molecule has 1 aromatic carbocycles. The fraction of sp³-hybridized carbons (Fsp3) is 0.273. The van der Waals surface area contributed by atoms with Crippen molar-refractivity contribution in [3.63, 3.8) is 0 Å². The van der Waals surface area contributed by atoms with Gasteiger partial charge in [-0.25, -0.2) is 0 Å². The molecule has 1 aromatic rings. The van der Waals surface area contributed by atoms with Gasteiger partial charge in [0.15, 0.2) is 0 Å². The molecule has 2 amide bonds. The maximum Gasteiger partial charge on any atom is 0.317 e. The lowest BCUT2D eigenvalue weighted by Gasteiger charge is -2.11. The second kappa shape index (κ2) is 6.36. The molecule has 0 saturated heterocycles. The van der Waals surface area contributed by atoms with Crippen molar-refractivity contribution in [3.05, 3.63) is 35.4 Å². The second-order valence-corrected chi connectivity index (χ2v) is 7.35. The third-order valence-corrected chi connectivity index (χ3v) is 2.33. The maximum absolute atomic E-state index is 11.7. The zero-order chi connectivity index (χ0) is 14.6. The maximum atomic E-state index is 11.7. The summed E-state index contributed by atoms with van der Waals surface area (Å²) in [7, 11) is 4.81. The smallest absolute Gasteiger partial charge is 0.274 e. The number of hydrogen-bond acceptors (Lipinski definition) is 4. The molecule has 1 aliphatic rings. The molecule has 19 heavy (non-hydrogen) atoms. The van der Waals surface area contributed by atoms with Gasteiger partial charge in [0, 0.05) is 27.9 Å².